The lowest BCUT2D eigenvalue weighted by atomic mass is 9.81. The number of β-lactam (4-membered cyclic amide) rings is 1. The molecule has 20 heteroatoms. The molecule has 1 fully saturated rings. The monoisotopic (exact) mass is 916 g/mol. The van der Waals surface area contributed by atoms with Crippen molar-refractivity contribution in [1.29, 1.82) is 0 Å². The highest BCUT2D eigenvalue weighted by atomic mass is 16.4. The molecule has 1 saturated heterocycles. The summed E-state index contributed by atoms with van der Waals surface area (Å²) in [4.78, 5) is 121. The molecule has 0 bridgehead atoms. The van der Waals surface area contributed by atoms with Gasteiger partial charge < -0.3 is 58.1 Å². The Morgan fingerprint density at radius 2 is 1.23 bits per heavy atom. The van der Waals surface area contributed by atoms with E-state index in [0.29, 0.717) is 12.8 Å². The Morgan fingerprint density at radius 1 is 0.692 bits per heavy atom. The van der Waals surface area contributed by atoms with Crippen LogP contribution in [0.1, 0.15) is 100 Å². The molecule has 20 nitrogen and oxygen atoms in total. The summed E-state index contributed by atoms with van der Waals surface area (Å²) in [6.45, 7) is 16.3. The minimum absolute atomic E-state index is 0.0206. The molecular weight excluding hydrogens is 843 g/mol. The number of hydrogen-bond acceptors (Lipinski definition) is 11. The van der Waals surface area contributed by atoms with Crippen LogP contribution in [-0.2, 0) is 49.6 Å². The predicted molar refractivity (Wildman–Crippen MR) is 241 cm³/mol. The predicted octanol–water partition coefficient (Wildman–Crippen LogP) is -0.537. The Hall–Kier alpha value is -5.63. The van der Waals surface area contributed by atoms with Gasteiger partial charge in [-0.05, 0) is 55.9 Å². The average molecular weight is 916 g/mol. The number of carbonyl (C=O) groups excluding carboxylic acids is 8. The molecule has 1 aliphatic rings. The summed E-state index contributed by atoms with van der Waals surface area (Å²) in [7, 11) is 0. The fraction of sp³-hybridized carbons (Fsp3) is 0.667. The molecule has 0 aromatic heterocycles. The molecule has 0 spiro atoms. The Kier molecular flexibility index (Phi) is 22.0. The van der Waals surface area contributed by atoms with Crippen LogP contribution in [0.25, 0.3) is 0 Å². The molecule has 65 heavy (non-hydrogen) atoms. The number of aliphatic hydroxyl groups is 1. The highest BCUT2D eigenvalue weighted by Crippen LogP contribution is 2.28. The second-order valence-corrected chi connectivity index (χ2v) is 18.3. The number of benzene rings is 1. The van der Waals surface area contributed by atoms with Gasteiger partial charge in [-0.2, -0.15) is 0 Å². The average Bonchev–Trinajstić information content (AvgIpc) is 3.22. The fourth-order valence-electron chi connectivity index (χ4n) is 7.32. The molecule has 1 aromatic carbocycles. The maximum Gasteiger partial charge on any atom is 0.326 e. The number of carboxylic acids is 1. The van der Waals surface area contributed by atoms with E-state index in [1.165, 1.54) is 18.7 Å². The number of rotatable bonds is 27. The molecule has 364 valence electrons. The van der Waals surface area contributed by atoms with Crippen LogP contribution in [0.4, 0.5) is 0 Å². The number of nitrogens with one attached hydrogen (secondary N) is 7. The van der Waals surface area contributed by atoms with Crippen LogP contribution in [0.15, 0.2) is 30.3 Å². The molecular formula is C45H73N9O11. The molecule has 11 N–H and O–H groups in total. The van der Waals surface area contributed by atoms with Crippen molar-refractivity contribution in [1.82, 2.24) is 42.1 Å². The molecule has 8 amide bonds. The minimum atomic E-state index is -1.56. The largest absolute Gasteiger partial charge is 0.480 e. The van der Waals surface area contributed by atoms with Crippen molar-refractivity contribution in [3.63, 3.8) is 0 Å². The summed E-state index contributed by atoms with van der Waals surface area (Å²) >= 11 is 0. The molecule has 1 aromatic rings. The smallest absolute Gasteiger partial charge is 0.326 e. The van der Waals surface area contributed by atoms with Gasteiger partial charge in [0.05, 0.1) is 19.2 Å². The Morgan fingerprint density at radius 3 is 1.72 bits per heavy atom. The van der Waals surface area contributed by atoms with E-state index in [-0.39, 0.29) is 44.2 Å². The number of hydrogen-bond donors (Lipinski definition) is 10. The van der Waals surface area contributed by atoms with Crippen LogP contribution >= 0.6 is 0 Å². The van der Waals surface area contributed by atoms with Gasteiger partial charge in [0.2, 0.25) is 41.4 Å². The maximum absolute atomic E-state index is 14.0. The van der Waals surface area contributed by atoms with Crippen LogP contribution in [0, 0.1) is 23.7 Å². The SMILES string of the molecule is CC[C@@H](C)[C@@H](NC(=O)CN1C[C@@](Cc2ccccc2)(NC(=O)[C@H](C)NC(=O)[C@H](CC(C)C)NC(=O)CCN)C1=O)C(=O)N[C@@H](CC(C)C)C(=O)N[C@H](C(=O)N[C@H](C(=O)O)C(C)C)[C@@H](C)O. The molecule has 0 unspecified atom stereocenters. The van der Waals surface area contributed by atoms with E-state index in [1.807, 2.05) is 13.8 Å². The summed E-state index contributed by atoms with van der Waals surface area (Å²) in [5, 5.41) is 38.3. The zero-order valence-electron chi connectivity index (χ0n) is 39.5. The zero-order valence-corrected chi connectivity index (χ0v) is 39.5. The van der Waals surface area contributed by atoms with Gasteiger partial charge in [-0.15, -0.1) is 0 Å². The van der Waals surface area contributed by atoms with Crippen LogP contribution in [-0.4, -0.2) is 136 Å². The number of aliphatic carboxylic acids is 1. The first-order valence-corrected chi connectivity index (χ1v) is 22.4. The summed E-state index contributed by atoms with van der Waals surface area (Å²) in [6.07, 6.45) is -0.530. The van der Waals surface area contributed by atoms with Crippen molar-refractivity contribution in [2.24, 2.45) is 29.4 Å². The molecule has 1 heterocycles. The number of carboxylic acid groups (broad SMARTS) is 1. The van der Waals surface area contributed by atoms with Crippen LogP contribution in [0.3, 0.4) is 0 Å². The van der Waals surface area contributed by atoms with E-state index in [4.69, 9.17) is 5.73 Å². The first kappa shape index (κ1) is 55.5. The number of nitrogens with zero attached hydrogens (tertiary/aromatic N) is 1. The Bertz CT molecular complexity index is 1830. The van der Waals surface area contributed by atoms with Crippen LogP contribution < -0.4 is 43.0 Å². The van der Waals surface area contributed by atoms with Crippen molar-refractivity contribution in [2.45, 2.75) is 149 Å². The van der Waals surface area contributed by atoms with E-state index < -0.39 is 120 Å². The van der Waals surface area contributed by atoms with Gasteiger partial charge in [-0.3, -0.25) is 38.4 Å². The zero-order chi connectivity index (χ0) is 49.3. The van der Waals surface area contributed by atoms with Crippen molar-refractivity contribution < 1.29 is 53.4 Å². The van der Waals surface area contributed by atoms with Crippen molar-refractivity contribution in [3.05, 3.63) is 35.9 Å². The Labute approximate surface area is 382 Å². The van der Waals surface area contributed by atoms with E-state index in [2.05, 4.69) is 37.2 Å². The fourth-order valence-corrected chi connectivity index (χ4v) is 7.32. The highest BCUT2D eigenvalue weighted by Gasteiger charge is 2.54. The van der Waals surface area contributed by atoms with Crippen LogP contribution in [0.2, 0.25) is 0 Å². The van der Waals surface area contributed by atoms with Crippen molar-refractivity contribution in [3.8, 4) is 0 Å². The van der Waals surface area contributed by atoms with E-state index >= 15 is 0 Å². The number of carbonyl (C=O) groups is 9. The molecule has 2 rings (SSSR count). The van der Waals surface area contributed by atoms with Gasteiger partial charge >= 0.3 is 5.97 Å². The van der Waals surface area contributed by atoms with Gasteiger partial charge in [0, 0.05) is 19.4 Å². The lowest BCUT2D eigenvalue weighted by molar-refractivity contribution is -0.158. The molecule has 0 aliphatic carbocycles. The number of aliphatic hydroxyl groups excluding tert-OH is 1. The lowest BCUT2D eigenvalue weighted by Gasteiger charge is -2.49. The highest BCUT2D eigenvalue weighted by molar-refractivity contribution is 6.01. The van der Waals surface area contributed by atoms with E-state index in [0.717, 1.165) is 5.56 Å². The molecule has 9 atom stereocenters. The standard InChI is InChI=1S/C45H73N9O11/c1-11-27(8)36(41(61)49-32(20-25(4)5)40(60)52-37(29(10)55)42(62)51-35(26(6)7)43(63)64)50-34(57)22-54-23-45(44(54)65,21-30-15-13-12-14-16-30)53-38(58)28(9)47-39(59)31(19-24(2)3)48-33(56)17-18-46/h12-16,24-29,31-32,35-37,55H,11,17-23,46H2,1-10H3,(H,47,59)(H,48,56)(H,49,61)(H,50,57)(H,51,62)(H,52,60)(H,53,58)(H,63,64)/t27-,28+,29-,31+,32+,35+,36-,37+,45-/m1/s1. The van der Waals surface area contributed by atoms with Gasteiger partial charge in [0.25, 0.3) is 5.91 Å². The van der Waals surface area contributed by atoms with E-state index in [9.17, 15) is 53.4 Å². The number of nitrogens with two attached hydrogens (primary N) is 1. The van der Waals surface area contributed by atoms with Gasteiger partial charge in [0.15, 0.2) is 0 Å². The molecule has 0 radical (unpaired) electrons. The maximum atomic E-state index is 14.0. The van der Waals surface area contributed by atoms with Gasteiger partial charge in [0.1, 0.15) is 41.8 Å². The van der Waals surface area contributed by atoms with E-state index in [1.54, 1.807) is 71.9 Å². The third-order valence-electron chi connectivity index (χ3n) is 11.1. The Balaban J connectivity index is 2.25. The van der Waals surface area contributed by atoms with Crippen molar-refractivity contribution >= 4 is 53.2 Å². The van der Waals surface area contributed by atoms with Gasteiger partial charge in [-0.1, -0.05) is 92.1 Å². The number of amides is 8. The lowest BCUT2D eigenvalue weighted by Crippen LogP contribution is -2.77. The molecule has 1 aliphatic heterocycles. The first-order chi connectivity index (χ1) is 30.4. The topological polar surface area (TPSA) is 308 Å². The minimum Gasteiger partial charge on any atom is -0.480 e. The summed E-state index contributed by atoms with van der Waals surface area (Å²) in [5.74, 6) is -7.78. The quantitative estimate of drug-likeness (QED) is 0.0498. The third-order valence-corrected chi connectivity index (χ3v) is 11.1. The summed E-state index contributed by atoms with van der Waals surface area (Å²) < 4.78 is 0. The first-order valence-electron chi connectivity index (χ1n) is 22.4. The summed E-state index contributed by atoms with van der Waals surface area (Å²) in [5.41, 5.74) is 4.73. The van der Waals surface area contributed by atoms with Crippen LogP contribution in [0.5, 0.6) is 0 Å². The normalized spacial score (nSPS) is 18.4. The number of likely N-dealkylation sites (tertiary alicyclic amines) is 1. The van der Waals surface area contributed by atoms with Gasteiger partial charge in [-0.25, -0.2) is 4.79 Å². The third kappa shape index (κ3) is 17.0. The second kappa shape index (κ2) is 25.8. The molecule has 0 saturated carbocycles. The second-order valence-electron chi connectivity index (χ2n) is 18.3. The van der Waals surface area contributed by atoms with Crippen molar-refractivity contribution in [2.75, 3.05) is 19.6 Å². The summed E-state index contributed by atoms with van der Waals surface area (Å²) in [6, 6.07) is 1.60.